The fourth-order valence-electron chi connectivity index (χ4n) is 6.12. The topological polar surface area (TPSA) is 27.7 Å². The third-order valence-electron chi connectivity index (χ3n) is 8.94. The van der Waals surface area contributed by atoms with Gasteiger partial charge in [-0.15, -0.1) is 0 Å². The molecule has 3 aromatic carbocycles. The third kappa shape index (κ3) is 10.3. The standard InChI is InChI=1S/3C15H24O.Gd/c3*1-10-8-11(14(2,3)4)13(16)12(9-10)15(5,6)7;/h3*8-9,16H,1-7H3;/q;;;+3/p-3. The number of rotatable bonds is 6. The van der Waals surface area contributed by atoms with Gasteiger partial charge >= 0.3 is 321 Å². The van der Waals surface area contributed by atoms with E-state index in [1.54, 1.807) is 0 Å². The molecule has 0 aliphatic heterocycles. The van der Waals surface area contributed by atoms with Crippen LogP contribution in [0.15, 0.2) is 36.4 Å². The molecule has 0 saturated heterocycles. The van der Waals surface area contributed by atoms with Crippen LogP contribution in [0, 0.1) is 56.4 Å². The quantitative estimate of drug-likeness (QED) is 0.248. The maximum atomic E-state index is 7.46. The first-order valence-corrected chi connectivity index (χ1v) is 20.8. The van der Waals surface area contributed by atoms with Gasteiger partial charge in [-0.25, -0.2) is 0 Å². The monoisotopic (exact) mass is 815 g/mol. The Kier molecular flexibility index (Phi) is 12.0. The first-order valence-electron chi connectivity index (χ1n) is 18.0. The zero-order valence-corrected chi connectivity index (χ0v) is 37.3. The van der Waals surface area contributed by atoms with E-state index in [0.717, 1.165) is 17.2 Å². The Morgan fingerprint density at radius 2 is 0.449 bits per heavy atom. The van der Waals surface area contributed by atoms with Gasteiger partial charge in [0.25, 0.3) is 0 Å². The SMILES string of the molecule is Cc1cc(C(C)(C)C)c([O][Gd]([O]c2c(C(C)(C)C)cc(C)cc2C(C)(C)C)[O]c2c(C(C)(C)C)cc(C)cc2C(C)(C)C)c(C(C)(C)C)c1. The average Bonchev–Trinajstić information content (AvgIpc) is 2.87. The van der Waals surface area contributed by atoms with Gasteiger partial charge in [0.15, 0.2) is 0 Å². The first kappa shape index (κ1) is 41.8. The molecule has 0 atom stereocenters. The summed E-state index contributed by atoms with van der Waals surface area (Å²) < 4.78 is 22.4. The molecule has 0 bridgehead atoms. The van der Waals surface area contributed by atoms with Gasteiger partial charge in [0.05, 0.1) is 0 Å². The molecule has 3 aromatic rings. The number of hydrogen-bond donors (Lipinski definition) is 0. The Hall–Kier alpha value is -1.62. The summed E-state index contributed by atoms with van der Waals surface area (Å²) in [5.74, 6) is 2.73. The van der Waals surface area contributed by atoms with E-state index in [0.29, 0.717) is 0 Å². The molecule has 0 N–H and O–H groups in total. The molecule has 275 valence electrons. The molecule has 0 aliphatic carbocycles. The van der Waals surface area contributed by atoms with Gasteiger partial charge in [-0.3, -0.25) is 0 Å². The van der Waals surface area contributed by atoms with Crippen molar-refractivity contribution in [3.8, 4) is 17.2 Å². The molecule has 0 aromatic heterocycles. The van der Waals surface area contributed by atoms with Crippen LogP contribution < -0.4 is 3.52 Å². The van der Waals surface area contributed by atoms with E-state index in [-0.39, 0.29) is 32.5 Å². The van der Waals surface area contributed by atoms with Crippen molar-refractivity contribution in [2.75, 3.05) is 0 Å². The maximum absolute atomic E-state index is 7.46. The molecular formula is C45H69GdO3. The third-order valence-corrected chi connectivity index (χ3v) is 11.5. The Labute approximate surface area is 318 Å². The van der Waals surface area contributed by atoms with Crippen LogP contribution >= 0.6 is 0 Å². The molecular weight excluding hydrogens is 746 g/mol. The Bertz CT molecular complexity index is 1350. The molecule has 0 heterocycles. The molecule has 0 saturated carbocycles. The van der Waals surface area contributed by atoms with E-state index in [2.05, 4.69) is 182 Å². The van der Waals surface area contributed by atoms with Gasteiger partial charge in [0.2, 0.25) is 0 Å². The van der Waals surface area contributed by atoms with Crippen molar-refractivity contribution in [2.45, 2.75) is 178 Å². The normalized spacial score (nSPS) is 13.8. The van der Waals surface area contributed by atoms with Crippen LogP contribution in [0.2, 0.25) is 0 Å². The van der Waals surface area contributed by atoms with Gasteiger partial charge in [-0.1, -0.05) is 0 Å². The summed E-state index contributed by atoms with van der Waals surface area (Å²) in [6, 6.07) is 13.8. The zero-order chi connectivity index (χ0) is 37.9. The van der Waals surface area contributed by atoms with E-state index in [4.69, 9.17) is 3.52 Å². The number of hydrogen-bond acceptors (Lipinski definition) is 3. The van der Waals surface area contributed by atoms with E-state index in [1.165, 1.54) is 50.1 Å². The van der Waals surface area contributed by atoms with Gasteiger partial charge in [-0.2, -0.15) is 0 Å². The van der Waals surface area contributed by atoms with Crippen LogP contribution in [0.25, 0.3) is 0 Å². The molecule has 49 heavy (non-hydrogen) atoms. The molecule has 0 unspecified atom stereocenters. The Balaban J connectivity index is 2.51. The Morgan fingerprint density at radius 1 is 0.306 bits per heavy atom. The van der Waals surface area contributed by atoms with Crippen LogP contribution in [-0.4, -0.2) is 0 Å². The molecule has 0 amide bonds. The van der Waals surface area contributed by atoms with Crippen LogP contribution in [-0.2, 0) is 32.5 Å². The molecule has 3 rings (SSSR count). The van der Waals surface area contributed by atoms with Crippen LogP contribution in [0.1, 0.15) is 175 Å². The van der Waals surface area contributed by atoms with Crippen molar-refractivity contribution in [2.24, 2.45) is 0 Å². The molecule has 0 fully saturated rings. The van der Waals surface area contributed by atoms with E-state index >= 15 is 0 Å². The van der Waals surface area contributed by atoms with Crippen molar-refractivity contribution in [3.63, 3.8) is 0 Å². The number of aryl methyl sites for hydroxylation is 3. The van der Waals surface area contributed by atoms with Crippen LogP contribution in [0.4, 0.5) is 0 Å². The predicted octanol–water partition coefficient (Wildman–Crippen LogP) is 13.3. The predicted molar refractivity (Wildman–Crippen MR) is 208 cm³/mol. The molecule has 0 spiro atoms. The second kappa shape index (κ2) is 14.1. The zero-order valence-electron chi connectivity index (χ0n) is 35.0. The van der Waals surface area contributed by atoms with Crippen molar-refractivity contribution < 1.29 is 39.1 Å². The summed E-state index contributed by atoms with van der Waals surface area (Å²) >= 11 is -3.59. The summed E-state index contributed by atoms with van der Waals surface area (Å²) in [6.07, 6.45) is 0. The van der Waals surface area contributed by atoms with Crippen LogP contribution in [0.3, 0.4) is 0 Å². The summed E-state index contributed by atoms with van der Waals surface area (Å²) in [6.45, 7) is 47.5. The molecule has 0 radical (unpaired) electrons. The second-order valence-electron chi connectivity index (χ2n) is 20.5. The summed E-state index contributed by atoms with van der Waals surface area (Å²) in [5, 5.41) is 0. The average molecular weight is 815 g/mol. The Morgan fingerprint density at radius 3 is 0.571 bits per heavy atom. The van der Waals surface area contributed by atoms with E-state index in [9.17, 15) is 0 Å². The second-order valence-corrected chi connectivity index (χ2v) is 23.0. The molecule has 0 aliphatic rings. The van der Waals surface area contributed by atoms with E-state index in [1.807, 2.05) is 0 Å². The summed E-state index contributed by atoms with van der Waals surface area (Å²) in [7, 11) is 0. The van der Waals surface area contributed by atoms with Gasteiger partial charge < -0.3 is 0 Å². The van der Waals surface area contributed by atoms with Gasteiger partial charge in [0.1, 0.15) is 0 Å². The molecule has 4 heteroatoms. The summed E-state index contributed by atoms with van der Waals surface area (Å²) in [5.41, 5.74) is 9.90. The van der Waals surface area contributed by atoms with Crippen LogP contribution in [0.5, 0.6) is 17.2 Å². The van der Waals surface area contributed by atoms with Crippen molar-refractivity contribution in [1.82, 2.24) is 0 Å². The summed E-state index contributed by atoms with van der Waals surface area (Å²) in [4.78, 5) is 0. The van der Waals surface area contributed by atoms with Crippen molar-refractivity contribution in [1.29, 1.82) is 0 Å². The van der Waals surface area contributed by atoms with Crippen molar-refractivity contribution in [3.05, 3.63) is 86.5 Å². The fraction of sp³-hybridized carbons (Fsp3) is 0.600. The minimum atomic E-state index is -3.59. The first-order chi connectivity index (χ1) is 21.8. The fourth-order valence-corrected chi connectivity index (χ4v) is 9.03. The van der Waals surface area contributed by atoms with Gasteiger partial charge in [0, 0.05) is 0 Å². The van der Waals surface area contributed by atoms with E-state index < -0.39 is 35.6 Å². The number of benzene rings is 3. The minimum absolute atomic E-state index is 0.153. The van der Waals surface area contributed by atoms with Gasteiger partial charge in [-0.05, 0) is 0 Å². The van der Waals surface area contributed by atoms with Crippen molar-refractivity contribution >= 4 is 0 Å². The molecule has 3 nitrogen and oxygen atoms in total.